The Balaban J connectivity index is 1.90. The van der Waals surface area contributed by atoms with E-state index in [0.717, 1.165) is 43.9 Å². The van der Waals surface area contributed by atoms with Crippen LogP contribution in [0.15, 0.2) is 18.2 Å². The van der Waals surface area contributed by atoms with Gasteiger partial charge in [0.05, 0.1) is 4.92 Å². The summed E-state index contributed by atoms with van der Waals surface area (Å²) in [6, 6.07) is 5.38. The van der Waals surface area contributed by atoms with Crippen molar-refractivity contribution in [2.75, 3.05) is 31.1 Å². The summed E-state index contributed by atoms with van der Waals surface area (Å²) in [6.07, 6.45) is 2.31. The summed E-state index contributed by atoms with van der Waals surface area (Å²) in [5, 5.41) is 14.6. The normalized spacial score (nSPS) is 26.3. The lowest BCUT2D eigenvalue weighted by atomic mass is 9.86. The van der Waals surface area contributed by atoms with E-state index in [0.29, 0.717) is 5.41 Å². The van der Waals surface area contributed by atoms with Crippen molar-refractivity contribution in [2.45, 2.75) is 19.8 Å². The minimum Gasteiger partial charge on any atom is -0.365 e. The fourth-order valence-corrected chi connectivity index (χ4v) is 3.33. The molecule has 1 aromatic carbocycles. The number of nitro groups is 1. The van der Waals surface area contributed by atoms with Gasteiger partial charge in [-0.05, 0) is 37.9 Å². The molecule has 0 amide bonds. The monoisotopic (exact) mass is 261 g/mol. The number of nitrogens with zero attached hydrogens (tertiary/aromatic N) is 2. The maximum Gasteiger partial charge on any atom is 0.292 e. The molecule has 5 heteroatoms. The average molecular weight is 261 g/mol. The molecule has 1 unspecified atom stereocenters. The lowest BCUT2D eigenvalue weighted by Gasteiger charge is -2.24. The Morgan fingerprint density at radius 2 is 2.26 bits per heavy atom. The minimum atomic E-state index is -0.271. The van der Waals surface area contributed by atoms with Crippen LogP contribution in [-0.4, -0.2) is 31.1 Å². The summed E-state index contributed by atoms with van der Waals surface area (Å²) in [5.41, 5.74) is 2.42. The first-order chi connectivity index (χ1) is 9.10. The maximum atomic E-state index is 11.2. The molecule has 0 bridgehead atoms. The molecule has 0 aliphatic carbocycles. The lowest BCUT2D eigenvalue weighted by molar-refractivity contribution is -0.384. The number of hydrogen-bond acceptors (Lipinski definition) is 4. The zero-order valence-corrected chi connectivity index (χ0v) is 11.2. The molecule has 2 aliphatic rings. The molecule has 0 saturated carbocycles. The number of nitro benzene ring substituents is 1. The third-order valence-corrected chi connectivity index (χ3v) is 4.44. The largest absolute Gasteiger partial charge is 0.365 e. The summed E-state index contributed by atoms with van der Waals surface area (Å²) < 4.78 is 0. The van der Waals surface area contributed by atoms with Gasteiger partial charge in [-0.15, -0.1) is 0 Å². The van der Waals surface area contributed by atoms with Crippen molar-refractivity contribution in [1.29, 1.82) is 0 Å². The molecule has 1 atom stereocenters. The van der Waals surface area contributed by atoms with Crippen molar-refractivity contribution < 1.29 is 4.92 Å². The zero-order chi connectivity index (χ0) is 13.5. The first-order valence-electron chi connectivity index (χ1n) is 6.80. The second kappa shape index (κ2) is 4.49. The second-order valence-corrected chi connectivity index (χ2v) is 5.85. The van der Waals surface area contributed by atoms with Gasteiger partial charge in [-0.1, -0.05) is 6.07 Å². The van der Waals surface area contributed by atoms with E-state index in [2.05, 4.69) is 10.2 Å². The Labute approximate surface area is 112 Å². The summed E-state index contributed by atoms with van der Waals surface area (Å²) in [7, 11) is 0. The average Bonchev–Trinajstić information content (AvgIpc) is 3.00. The summed E-state index contributed by atoms with van der Waals surface area (Å²) in [4.78, 5) is 13.1. The highest BCUT2D eigenvalue weighted by molar-refractivity contribution is 5.65. The molecular weight excluding hydrogens is 242 g/mol. The molecular formula is C14H19N3O2. The summed E-state index contributed by atoms with van der Waals surface area (Å²) in [6.45, 7) is 5.96. The molecule has 19 heavy (non-hydrogen) atoms. The van der Waals surface area contributed by atoms with E-state index in [-0.39, 0.29) is 10.6 Å². The van der Waals surface area contributed by atoms with Gasteiger partial charge < -0.3 is 10.2 Å². The van der Waals surface area contributed by atoms with Crippen LogP contribution in [0.1, 0.15) is 18.4 Å². The van der Waals surface area contributed by atoms with Crippen molar-refractivity contribution in [1.82, 2.24) is 5.32 Å². The highest BCUT2D eigenvalue weighted by atomic mass is 16.6. The van der Waals surface area contributed by atoms with Gasteiger partial charge in [0, 0.05) is 31.1 Å². The molecule has 2 saturated heterocycles. The molecule has 0 aromatic heterocycles. The van der Waals surface area contributed by atoms with Gasteiger partial charge >= 0.3 is 0 Å². The van der Waals surface area contributed by atoms with Crippen LogP contribution in [0.25, 0.3) is 0 Å². The van der Waals surface area contributed by atoms with Crippen molar-refractivity contribution in [3.05, 3.63) is 33.9 Å². The summed E-state index contributed by atoms with van der Waals surface area (Å²) >= 11 is 0. The van der Waals surface area contributed by atoms with Gasteiger partial charge in [-0.3, -0.25) is 10.1 Å². The van der Waals surface area contributed by atoms with Crippen molar-refractivity contribution in [3.8, 4) is 0 Å². The third kappa shape index (κ3) is 2.18. The fourth-order valence-electron chi connectivity index (χ4n) is 3.33. The quantitative estimate of drug-likeness (QED) is 0.654. The van der Waals surface area contributed by atoms with E-state index < -0.39 is 0 Å². The molecule has 1 aromatic rings. The standard InChI is InChI=1S/C14H19N3O2/c1-11-2-3-12(17(18)19)13(8-11)16-7-5-14(10-16)4-6-15-9-14/h2-3,8,15H,4-7,9-10H2,1H3. The number of benzene rings is 1. The van der Waals surface area contributed by atoms with Gasteiger partial charge in [0.1, 0.15) is 5.69 Å². The van der Waals surface area contributed by atoms with Crippen LogP contribution in [0, 0.1) is 22.5 Å². The number of anilines is 1. The molecule has 1 N–H and O–H groups in total. The van der Waals surface area contributed by atoms with Crippen molar-refractivity contribution in [2.24, 2.45) is 5.41 Å². The van der Waals surface area contributed by atoms with E-state index in [9.17, 15) is 10.1 Å². The van der Waals surface area contributed by atoms with Crippen LogP contribution < -0.4 is 10.2 Å². The molecule has 2 fully saturated rings. The van der Waals surface area contributed by atoms with Gasteiger partial charge in [-0.25, -0.2) is 0 Å². The number of hydrogen-bond donors (Lipinski definition) is 1. The first kappa shape index (κ1) is 12.4. The van der Waals surface area contributed by atoms with Crippen LogP contribution in [0.5, 0.6) is 0 Å². The van der Waals surface area contributed by atoms with Gasteiger partial charge in [-0.2, -0.15) is 0 Å². The Kier molecular flexibility index (Phi) is 2.93. The van der Waals surface area contributed by atoms with E-state index in [1.807, 2.05) is 19.1 Å². The third-order valence-electron chi connectivity index (χ3n) is 4.44. The maximum absolute atomic E-state index is 11.2. The molecule has 3 rings (SSSR count). The molecule has 2 aliphatic heterocycles. The smallest absolute Gasteiger partial charge is 0.292 e. The first-order valence-corrected chi connectivity index (χ1v) is 6.80. The number of nitrogens with one attached hydrogen (secondary N) is 1. The SMILES string of the molecule is Cc1ccc([N+](=O)[O-])c(N2CCC3(CCNC3)C2)c1. The Morgan fingerprint density at radius 3 is 2.95 bits per heavy atom. The van der Waals surface area contributed by atoms with E-state index in [4.69, 9.17) is 0 Å². The molecule has 2 heterocycles. The van der Waals surface area contributed by atoms with Gasteiger partial charge in [0.2, 0.25) is 0 Å². The number of rotatable bonds is 2. The van der Waals surface area contributed by atoms with E-state index in [1.165, 1.54) is 6.42 Å². The Hall–Kier alpha value is -1.62. The fraction of sp³-hybridized carbons (Fsp3) is 0.571. The molecule has 5 nitrogen and oxygen atoms in total. The molecule has 102 valence electrons. The van der Waals surface area contributed by atoms with Gasteiger partial charge in [0.25, 0.3) is 5.69 Å². The highest BCUT2D eigenvalue weighted by Gasteiger charge is 2.41. The lowest BCUT2D eigenvalue weighted by Crippen LogP contribution is -2.29. The van der Waals surface area contributed by atoms with Crippen LogP contribution in [0.3, 0.4) is 0 Å². The topological polar surface area (TPSA) is 58.4 Å². The van der Waals surface area contributed by atoms with Crippen LogP contribution in [0.2, 0.25) is 0 Å². The van der Waals surface area contributed by atoms with E-state index >= 15 is 0 Å². The minimum absolute atomic E-state index is 0.230. The second-order valence-electron chi connectivity index (χ2n) is 5.85. The Morgan fingerprint density at radius 1 is 1.42 bits per heavy atom. The molecule has 0 radical (unpaired) electrons. The van der Waals surface area contributed by atoms with Crippen molar-refractivity contribution in [3.63, 3.8) is 0 Å². The van der Waals surface area contributed by atoms with Crippen molar-refractivity contribution >= 4 is 11.4 Å². The highest BCUT2D eigenvalue weighted by Crippen LogP contribution is 2.40. The van der Waals surface area contributed by atoms with E-state index in [1.54, 1.807) is 6.07 Å². The van der Waals surface area contributed by atoms with Crippen LogP contribution >= 0.6 is 0 Å². The predicted octanol–water partition coefficient (Wildman–Crippen LogP) is 2.09. The Bertz CT molecular complexity index is 509. The summed E-state index contributed by atoms with van der Waals surface area (Å²) in [5.74, 6) is 0. The zero-order valence-electron chi connectivity index (χ0n) is 11.2. The molecule has 1 spiro atoms. The van der Waals surface area contributed by atoms with Gasteiger partial charge in [0.15, 0.2) is 0 Å². The predicted molar refractivity (Wildman–Crippen MR) is 74.6 cm³/mol. The van der Waals surface area contributed by atoms with Crippen LogP contribution in [0.4, 0.5) is 11.4 Å². The van der Waals surface area contributed by atoms with Crippen LogP contribution in [-0.2, 0) is 0 Å². The number of aryl methyl sites for hydroxylation is 1.